The first kappa shape index (κ1) is 23.4. The molecule has 2 fully saturated rings. The lowest BCUT2D eigenvalue weighted by molar-refractivity contribution is 0.346. The molecule has 1 heterocycles. The summed E-state index contributed by atoms with van der Waals surface area (Å²) in [4.78, 5) is 4.72. The predicted molar refractivity (Wildman–Crippen MR) is 125 cm³/mol. The second-order valence-electron chi connectivity index (χ2n) is 7.48. The molecule has 158 valence electrons. The number of piperidine rings is 1. The Hall–Kier alpha value is -0.870. The summed E-state index contributed by atoms with van der Waals surface area (Å²) >= 11 is 0. The van der Waals surface area contributed by atoms with Gasteiger partial charge in [-0.1, -0.05) is 43.9 Å². The Morgan fingerprint density at radius 2 is 1.71 bits per heavy atom. The number of rotatable bonds is 5. The van der Waals surface area contributed by atoms with Crippen LogP contribution in [0.15, 0.2) is 34.2 Å². The molecule has 0 aromatic heterocycles. The number of benzene rings is 1. The fraction of sp³-hybridized carbons (Fsp3) is 0.650. The van der Waals surface area contributed by atoms with Crippen molar-refractivity contribution >= 4 is 40.0 Å². The van der Waals surface area contributed by atoms with Gasteiger partial charge in [0.2, 0.25) is 10.0 Å². The third-order valence-corrected chi connectivity index (χ3v) is 7.52. The molecule has 2 N–H and O–H groups in total. The van der Waals surface area contributed by atoms with Gasteiger partial charge in [0, 0.05) is 32.7 Å². The molecule has 1 aromatic rings. The molecule has 28 heavy (non-hydrogen) atoms. The summed E-state index contributed by atoms with van der Waals surface area (Å²) in [5, 5.41) is 6.78. The number of sulfonamides is 1. The fourth-order valence-electron chi connectivity index (χ4n) is 3.96. The lowest BCUT2D eigenvalue weighted by Gasteiger charge is -2.27. The van der Waals surface area contributed by atoms with Crippen molar-refractivity contribution in [2.45, 2.75) is 68.8 Å². The fourth-order valence-corrected chi connectivity index (χ4v) is 5.70. The van der Waals surface area contributed by atoms with Crippen LogP contribution < -0.4 is 10.6 Å². The van der Waals surface area contributed by atoms with E-state index >= 15 is 0 Å². The van der Waals surface area contributed by atoms with Gasteiger partial charge in [-0.05, 0) is 37.3 Å². The lowest BCUT2D eigenvalue weighted by Crippen LogP contribution is -2.44. The van der Waals surface area contributed by atoms with Crippen molar-refractivity contribution < 1.29 is 8.42 Å². The van der Waals surface area contributed by atoms with Gasteiger partial charge in [-0.2, -0.15) is 4.31 Å². The minimum absolute atomic E-state index is 0. The molecule has 1 saturated carbocycles. The largest absolute Gasteiger partial charge is 0.354 e. The molecule has 0 atom stereocenters. The summed E-state index contributed by atoms with van der Waals surface area (Å²) in [7, 11) is -1.68. The van der Waals surface area contributed by atoms with Crippen molar-refractivity contribution in [3.05, 3.63) is 29.8 Å². The van der Waals surface area contributed by atoms with Gasteiger partial charge in [0.25, 0.3) is 0 Å². The summed E-state index contributed by atoms with van der Waals surface area (Å²) in [6.45, 7) is 1.68. The number of hydrogen-bond donors (Lipinski definition) is 2. The maximum atomic E-state index is 13.1. The highest BCUT2D eigenvalue weighted by Gasteiger charge is 2.27. The van der Waals surface area contributed by atoms with Gasteiger partial charge in [-0.3, -0.25) is 4.99 Å². The number of aliphatic imine (C=N–C) groups is 1. The zero-order chi connectivity index (χ0) is 19.1. The van der Waals surface area contributed by atoms with Crippen molar-refractivity contribution in [3.63, 3.8) is 0 Å². The first-order chi connectivity index (χ1) is 13.1. The standard InChI is InChI=1S/C20H32N4O2S.HI/c1-21-20(23-18-11-4-2-5-12-18)22-16-17-10-6-7-13-19(17)27(25,26)24-14-8-3-9-15-24;/h6-7,10,13,18H,2-5,8-9,11-12,14-16H2,1H3,(H2,21,22,23);1H. The summed E-state index contributed by atoms with van der Waals surface area (Å²) in [5.74, 6) is 0.743. The predicted octanol–water partition coefficient (Wildman–Crippen LogP) is 3.48. The maximum absolute atomic E-state index is 13.1. The molecule has 1 aromatic carbocycles. The SMILES string of the molecule is CN=C(NCc1ccccc1S(=O)(=O)N1CCCCC1)NC1CCCCC1.I. The average molecular weight is 520 g/mol. The monoisotopic (exact) mass is 520 g/mol. The molecule has 0 spiro atoms. The highest BCUT2D eigenvalue weighted by Crippen LogP contribution is 2.23. The van der Waals surface area contributed by atoms with E-state index in [0.29, 0.717) is 30.6 Å². The molecule has 3 rings (SSSR count). The van der Waals surface area contributed by atoms with Crippen LogP contribution in [0.3, 0.4) is 0 Å². The summed E-state index contributed by atoms with van der Waals surface area (Å²) in [5.41, 5.74) is 0.787. The second-order valence-corrected chi connectivity index (χ2v) is 9.38. The maximum Gasteiger partial charge on any atom is 0.243 e. The van der Waals surface area contributed by atoms with E-state index in [1.807, 2.05) is 12.1 Å². The van der Waals surface area contributed by atoms with E-state index in [-0.39, 0.29) is 24.0 Å². The van der Waals surface area contributed by atoms with E-state index < -0.39 is 10.0 Å². The van der Waals surface area contributed by atoms with Crippen LogP contribution in [-0.4, -0.2) is 44.9 Å². The molecular weight excluding hydrogens is 487 g/mol. The van der Waals surface area contributed by atoms with E-state index in [0.717, 1.165) is 30.8 Å². The highest BCUT2D eigenvalue weighted by molar-refractivity contribution is 14.0. The molecule has 0 bridgehead atoms. The smallest absolute Gasteiger partial charge is 0.243 e. The first-order valence-electron chi connectivity index (χ1n) is 10.2. The van der Waals surface area contributed by atoms with E-state index in [2.05, 4.69) is 15.6 Å². The molecular formula is C20H33IN4O2S. The molecule has 6 nitrogen and oxygen atoms in total. The topological polar surface area (TPSA) is 73.8 Å². The minimum Gasteiger partial charge on any atom is -0.354 e. The van der Waals surface area contributed by atoms with Crippen LogP contribution in [0.1, 0.15) is 56.9 Å². The first-order valence-corrected chi connectivity index (χ1v) is 11.6. The molecule has 0 amide bonds. The zero-order valence-corrected chi connectivity index (χ0v) is 19.8. The van der Waals surface area contributed by atoms with Gasteiger partial charge in [0.1, 0.15) is 0 Å². The Morgan fingerprint density at radius 3 is 2.39 bits per heavy atom. The van der Waals surface area contributed by atoms with Gasteiger partial charge in [-0.25, -0.2) is 8.42 Å². The molecule has 1 saturated heterocycles. The average Bonchev–Trinajstić information content (AvgIpc) is 2.72. The molecule has 1 aliphatic heterocycles. The van der Waals surface area contributed by atoms with Crippen molar-refractivity contribution in [2.24, 2.45) is 4.99 Å². The Balaban J connectivity index is 0.00000280. The molecule has 8 heteroatoms. The van der Waals surface area contributed by atoms with E-state index in [4.69, 9.17) is 0 Å². The van der Waals surface area contributed by atoms with Crippen LogP contribution in [-0.2, 0) is 16.6 Å². The third-order valence-electron chi connectivity index (χ3n) is 5.52. The minimum atomic E-state index is -3.44. The van der Waals surface area contributed by atoms with Crippen LogP contribution in [0.2, 0.25) is 0 Å². The number of nitrogens with one attached hydrogen (secondary N) is 2. The molecule has 2 aliphatic rings. The van der Waals surface area contributed by atoms with Crippen molar-refractivity contribution in [3.8, 4) is 0 Å². The van der Waals surface area contributed by atoms with Crippen LogP contribution in [0, 0.1) is 0 Å². The van der Waals surface area contributed by atoms with Gasteiger partial charge in [0.15, 0.2) is 5.96 Å². The van der Waals surface area contributed by atoms with Crippen LogP contribution in [0.4, 0.5) is 0 Å². The Labute approximate surface area is 186 Å². The normalized spacial score (nSPS) is 19.7. The van der Waals surface area contributed by atoms with Crippen molar-refractivity contribution in [1.29, 1.82) is 0 Å². The summed E-state index contributed by atoms with van der Waals surface area (Å²) in [6, 6.07) is 7.76. The van der Waals surface area contributed by atoms with Gasteiger partial charge in [0.05, 0.1) is 4.90 Å². The zero-order valence-electron chi connectivity index (χ0n) is 16.7. The van der Waals surface area contributed by atoms with Gasteiger partial charge >= 0.3 is 0 Å². The number of nitrogens with zero attached hydrogens (tertiary/aromatic N) is 2. The molecule has 0 unspecified atom stereocenters. The quantitative estimate of drug-likeness (QED) is 0.354. The number of hydrogen-bond acceptors (Lipinski definition) is 3. The summed E-state index contributed by atoms with van der Waals surface area (Å²) < 4.78 is 27.8. The third kappa shape index (κ3) is 6.06. The Kier molecular flexibility index (Phi) is 9.49. The summed E-state index contributed by atoms with van der Waals surface area (Å²) in [6.07, 6.45) is 9.15. The lowest BCUT2D eigenvalue weighted by atomic mass is 9.96. The number of halogens is 1. The van der Waals surface area contributed by atoms with E-state index in [1.54, 1.807) is 23.5 Å². The highest BCUT2D eigenvalue weighted by atomic mass is 127. The van der Waals surface area contributed by atoms with Crippen LogP contribution >= 0.6 is 24.0 Å². The van der Waals surface area contributed by atoms with E-state index in [1.165, 1.54) is 32.1 Å². The van der Waals surface area contributed by atoms with Gasteiger partial charge in [-0.15, -0.1) is 24.0 Å². The van der Waals surface area contributed by atoms with Gasteiger partial charge < -0.3 is 10.6 Å². The second kappa shape index (κ2) is 11.3. The Bertz CT molecular complexity index is 742. The van der Waals surface area contributed by atoms with Crippen LogP contribution in [0.25, 0.3) is 0 Å². The number of guanidine groups is 1. The van der Waals surface area contributed by atoms with Crippen LogP contribution in [0.5, 0.6) is 0 Å². The Morgan fingerprint density at radius 1 is 1.07 bits per heavy atom. The van der Waals surface area contributed by atoms with E-state index in [9.17, 15) is 8.42 Å². The van der Waals surface area contributed by atoms with Crippen molar-refractivity contribution in [2.75, 3.05) is 20.1 Å². The molecule has 1 aliphatic carbocycles. The van der Waals surface area contributed by atoms with Crippen molar-refractivity contribution in [1.82, 2.24) is 14.9 Å². The molecule has 0 radical (unpaired) electrons.